The SMILES string of the molecule is CCc1ccccc1NC(=O)CSc1nnc(CNC(=O)c2ccccc2C)n1CC. The molecule has 0 aliphatic rings. The lowest BCUT2D eigenvalue weighted by atomic mass is 10.1. The quantitative estimate of drug-likeness (QED) is 0.497. The maximum Gasteiger partial charge on any atom is 0.251 e. The molecule has 0 unspecified atom stereocenters. The Morgan fingerprint density at radius 2 is 1.77 bits per heavy atom. The third-order valence-electron chi connectivity index (χ3n) is 4.91. The van der Waals surface area contributed by atoms with Crippen molar-refractivity contribution in [3.63, 3.8) is 0 Å². The number of carbonyl (C=O) groups excluding carboxylic acids is 2. The minimum absolute atomic E-state index is 0.0917. The molecule has 162 valence electrons. The van der Waals surface area contributed by atoms with Crippen LogP contribution in [0.15, 0.2) is 53.7 Å². The van der Waals surface area contributed by atoms with Gasteiger partial charge >= 0.3 is 0 Å². The van der Waals surface area contributed by atoms with E-state index in [9.17, 15) is 9.59 Å². The molecule has 1 aromatic heterocycles. The van der Waals surface area contributed by atoms with E-state index < -0.39 is 0 Å². The normalized spacial score (nSPS) is 10.7. The van der Waals surface area contributed by atoms with Gasteiger partial charge in [-0.15, -0.1) is 10.2 Å². The summed E-state index contributed by atoms with van der Waals surface area (Å²) in [5, 5.41) is 14.9. The zero-order chi connectivity index (χ0) is 22.2. The van der Waals surface area contributed by atoms with Gasteiger partial charge in [0.15, 0.2) is 11.0 Å². The first kappa shape index (κ1) is 22.6. The number of rotatable bonds is 9. The second-order valence-electron chi connectivity index (χ2n) is 6.99. The lowest BCUT2D eigenvalue weighted by Gasteiger charge is -2.11. The highest BCUT2D eigenvalue weighted by Crippen LogP contribution is 2.19. The van der Waals surface area contributed by atoms with Crippen molar-refractivity contribution in [1.29, 1.82) is 0 Å². The molecule has 0 saturated carbocycles. The van der Waals surface area contributed by atoms with Crippen LogP contribution in [0.25, 0.3) is 0 Å². The van der Waals surface area contributed by atoms with Crippen LogP contribution in [0.4, 0.5) is 5.69 Å². The molecule has 0 radical (unpaired) electrons. The van der Waals surface area contributed by atoms with Crippen LogP contribution in [0.5, 0.6) is 0 Å². The number of hydrogen-bond acceptors (Lipinski definition) is 5. The Bertz CT molecular complexity index is 1060. The lowest BCUT2D eigenvalue weighted by molar-refractivity contribution is -0.113. The molecule has 3 rings (SSSR count). The van der Waals surface area contributed by atoms with E-state index in [0.29, 0.717) is 23.1 Å². The van der Waals surface area contributed by atoms with Crippen molar-refractivity contribution in [2.75, 3.05) is 11.1 Å². The molecule has 31 heavy (non-hydrogen) atoms. The maximum atomic E-state index is 12.5. The smallest absolute Gasteiger partial charge is 0.251 e. The van der Waals surface area contributed by atoms with E-state index in [1.165, 1.54) is 11.8 Å². The van der Waals surface area contributed by atoms with Gasteiger partial charge in [-0.2, -0.15) is 0 Å². The molecule has 3 aromatic rings. The number of aryl methyl sites for hydroxylation is 2. The highest BCUT2D eigenvalue weighted by molar-refractivity contribution is 7.99. The lowest BCUT2D eigenvalue weighted by Crippen LogP contribution is -2.25. The molecule has 0 atom stereocenters. The van der Waals surface area contributed by atoms with Crippen LogP contribution in [0, 0.1) is 6.92 Å². The topological polar surface area (TPSA) is 88.9 Å². The van der Waals surface area contributed by atoms with Crippen molar-refractivity contribution in [1.82, 2.24) is 20.1 Å². The van der Waals surface area contributed by atoms with Gasteiger partial charge in [-0.25, -0.2) is 0 Å². The summed E-state index contributed by atoms with van der Waals surface area (Å²) in [5.41, 5.74) is 3.50. The maximum absolute atomic E-state index is 12.5. The minimum Gasteiger partial charge on any atom is -0.345 e. The molecule has 0 spiro atoms. The van der Waals surface area contributed by atoms with Crippen molar-refractivity contribution < 1.29 is 9.59 Å². The first-order chi connectivity index (χ1) is 15.0. The predicted molar refractivity (Wildman–Crippen MR) is 123 cm³/mol. The van der Waals surface area contributed by atoms with E-state index in [1.807, 2.05) is 60.9 Å². The van der Waals surface area contributed by atoms with Gasteiger partial charge in [0.25, 0.3) is 5.91 Å². The van der Waals surface area contributed by atoms with Gasteiger partial charge in [-0.1, -0.05) is 55.1 Å². The Labute approximate surface area is 186 Å². The molecule has 0 bridgehead atoms. The molecule has 0 saturated heterocycles. The monoisotopic (exact) mass is 437 g/mol. The summed E-state index contributed by atoms with van der Waals surface area (Å²) in [6.45, 7) is 6.86. The fourth-order valence-electron chi connectivity index (χ4n) is 3.22. The summed E-state index contributed by atoms with van der Waals surface area (Å²) in [6.07, 6.45) is 0.853. The Balaban J connectivity index is 1.59. The van der Waals surface area contributed by atoms with Crippen LogP contribution in [0.3, 0.4) is 0 Å². The fourth-order valence-corrected chi connectivity index (χ4v) is 4.04. The first-order valence-electron chi connectivity index (χ1n) is 10.3. The summed E-state index contributed by atoms with van der Waals surface area (Å²) in [4.78, 5) is 24.9. The molecule has 0 aliphatic heterocycles. The van der Waals surface area contributed by atoms with E-state index in [1.54, 1.807) is 6.07 Å². The largest absolute Gasteiger partial charge is 0.345 e. The van der Waals surface area contributed by atoms with E-state index in [2.05, 4.69) is 27.8 Å². The second-order valence-corrected chi connectivity index (χ2v) is 7.93. The van der Waals surface area contributed by atoms with Crippen LogP contribution < -0.4 is 10.6 Å². The standard InChI is InChI=1S/C23H27N5O2S/c1-4-17-11-7-9-13-19(17)25-21(29)15-31-23-27-26-20(28(23)5-2)14-24-22(30)18-12-8-6-10-16(18)3/h6-13H,4-5,14-15H2,1-3H3,(H,24,30)(H,25,29). The van der Waals surface area contributed by atoms with Gasteiger partial charge in [0.2, 0.25) is 5.91 Å². The summed E-state index contributed by atoms with van der Waals surface area (Å²) in [6, 6.07) is 15.2. The van der Waals surface area contributed by atoms with Crippen LogP contribution in [0.1, 0.15) is 41.2 Å². The molecule has 7 nitrogen and oxygen atoms in total. The summed E-state index contributed by atoms with van der Waals surface area (Å²) >= 11 is 1.33. The minimum atomic E-state index is -0.146. The average molecular weight is 438 g/mol. The number of carbonyl (C=O) groups is 2. The third kappa shape index (κ3) is 5.73. The zero-order valence-corrected chi connectivity index (χ0v) is 18.8. The number of amides is 2. The zero-order valence-electron chi connectivity index (χ0n) is 18.0. The highest BCUT2D eigenvalue weighted by Gasteiger charge is 2.15. The van der Waals surface area contributed by atoms with Gasteiger partial charge < -0.3 is 15.2 Å². The number of para-hydroxylation sites is 1. The third-order valence-corrected chi connectivity index (χ3v) is 5.88. The van der Waals surface area contributed by atoms with Crippen molar-refractivity contribution >= 4 is 29.3 Å². The number of nitrogens with zero attached hydrogens (tertiary/aromatic N) is 3. The summed E-state index contributed by atoms with van der Waals surface area (Å²) in [5.74, 6) is 0.646. The van der Waals surface area contributed by atoms with Crippen LogP contribution in [-0.4, -0.2) is 32.3 Å². The molecule has 2 aromatic carbocycles. The van der Waals surface area contributed by atoms with Gasteiger partial charge in [-0.3, -0.25) is 9.59 Å². The number of anilines is 1. The Kier molecular flexibility index (Phi) is 7.83. The molecule has 1 heterocycles. The van der Waals surface area contributed by atoms with E-state index in [0.717, 1.165) is 23.2 Å². The molecule has 2 amide bonds. The van der Waals surface area contributed by atoms with E-state index in [-0.39, 0.29) is 24.1 Å². The number of benzene rings is 2. The van der Waals surface area contributed by atoms with Crippen molar-refractivity contribution in [3.05, 3.63) is 71.0 Å². The second kappa shape index (κ2) is 10.8. The van der Waals surface area contributed by atoms with Crippen LogP contribution >= 0.6 is 11.8 Å². The number of nitrogens with one attached hydrogen (secondary N) is 2. The predicted octanol–water partition coefficient (Wildman–Crippen LogP) is 3.83. The van der Waals surface area contributed by atoms with Crippen molar-refractivity contribution in [2.24, 2.45) is 0 Å². The molecular weight excluding hydrogens is 410 g/mol. The van der Waals surface area contributed by atoms with Crippen LogP contribution in [-0.2, 0) is 24.3 Å². The summed E-state index contributed by atoms with van der Waals surface area (Å²) in [7, 11) is 0. The van der Waals surface area contributed by atoms with Crippen molar-refractivity contribution in [3.8, 4) is 0 Å². The molecule has 2 N–H and O–H groups in total. The highest BCUT2D eigenvalue weighted by atomic mass is 32.2. The Morgan fingerprint density at radius 1 is 1.03 bits per heavy atom. The van der Waals surface area contributed by atoms with E-state index in [4.69, 9.17) is 0 Å². The molecule has 0 fully saturated rings. The van der Waals surface area contributed by atoms with Gasteiger partial charge in [0, 0.05) is 17.8 Å². The first-order valence-corrected chi connectivity index (χ1v) is 11.3. The van der Waals surface area contributed by atoms with Crippen molar-refractivity contribution in [2.45, 2.75) is 45.4 Å². The number of aromatic nitrogens is 3. The Hall–Kier alpha value is -3.13. The van der Waals surface area contributed by atoms with Gasteiger partial charge in [0.05, 0.1) is 12.3 Å². The number of thioether (sulfide) groups is 1. The van der Waals surface area contributed by atoms with Gasteiger partial charge in [0.1, 0.15) is 0 Å². The molecular formula is C23H27N5O2S. The molecule has 0 aliphatic carbocycles. The molecule has 8 heteroatoms. The Morgan fingerprint density at radius 3 is 2.52 bits per heavy atom. The average Bonchev–Trinajstić information content (AvgIpc) is 3.18. The summed E-state index contributed by atoms with van der Waals surface area (Å²) < 4.78 is 1.91. The van der Waals surface area contributed by atoms with Gasteiger partial charge in [-0.05, 0) is 43.5 Å². The van der Waals surface area contributed by atoms with E-state index >= 15 is 0 Å². The fraction of sp³-hybridized carbons (Fsp3) is 0.304. The van der Waals surface area contributed by atoms with Crippen LogP contribution in [0.2, 0.25) is 0 Å². The number of hydrogen-bond donors (Lipinski definition) is 2.